The summed E-state index contributed by atoms with van der Waals surface area (Å²) in [5, 5.41) is 0.703. The molecule has 0 saturated carbocycles. The molecule has 6 heteroatoms. The van der Waals surface area contributed by atoms with Gasteiger partial charge >= 0.3 is 11.7 Å². The lowest BCUT2D eigenvalue weighted by molar-refractivity contribution is -0.140. The molecule has 5 nitrogen and oxygen atoms in total. The molecule has 0 radical (unpaired) electrons. The number of carbonyl (C=O) groups excluding carboxylic acids is 1. The molecule has 0 aliphatic rings. The van der Waals surface area contributed by atoms with Gasteiger partial charge in [0, 0.05) is 11.9 Å². The molecule has 1 rings (SSSR count). The van der Waals surface area contributed by atoms with Crippen LogP contribution in [0.15, 0.2) is 22.1 Å². The minimum absolute atomic E-state index is 0.256. The first-order chi connectivity index (χ1) is 6.72. The fourth-order valence-corrected chi connectivity index (χ4v) is 1.59. The van der Waals surface area contributed by atoms with E-state index in [0.717, 1.165) is 0 Å². The maximum absolute atomic E-state index is 10.8. The van der Waals surface area contributed by atoms with Crippen LogP contribution >= 0.6 is 11.8 Å². The van der Waals surface area contributed by atoms with Crippen molar-refractivity contribution < 1.29 is 9.53 Å². The van der Waals surface area contributed by atoms with Crippen LogP contribution in [0.25, 0.3) is 0 Å². The Morgan fingerprint density at radius 2 is 2.50 bits per heavy atom. The zero-order valence-corrected chi connectivity index (χ0v) is 8.47. The fraction of sp³-hybridized carbons (Fsp3) is 0.375. The van der Waals surface area contributed by atoms with Crippen molar-refractivity contribution in [3.8, 4) is 0 Å². The number of esters is 1. The second-order valence-corrected chi connectivity index (χ2v) is 3.55. The van der Waals surface area contributed by atoms with E-state index >= 15 is 0 Å². The normalized spacial score (nSPS) is 9.79. The van der Waals surface area contributed by atoms with E-state index in [2.05, 4.69) is 14.7 Å². The van der Waals surface area contributed by atoms with Gasteiger partial charge in [0.25, 0.3) is 0 Å². The Hall–Kier alpha value is -1.30. The minimum Gasteiger partial charge on any atom is -0.469 e. The van der Waals surface area contributed by atoms with Crippen molar-refractivity contribution in [2.24, 2.45) is 0 Å². The fourth-order valence-electron chi connectivity index (χ4n) is 0.783. The Bertz CT molecular complexity index is 364. The number of H-pyrrole nitrogens is 1. The van der Waals surface area contributed by atoms with Gasteiger partial charge in [-0.25, -0.2) is 9.78 Å². The van der Waals surface area contributed by atoms with Crippen molar-refractivity contribution in [1.29, 1.82) is 0 Å². The highest BCUT2D eigenvalue weighted by Gasteiger charge is 2.01. The van der Waals surface area contributed by atoms with Crippen LogP contribution in [0.5, 0.6) is 0 Å². The third-order valence-electron chi connectivity index (χ3n) is 1.44. The topological polar surface area (TPSA) is 72.0 Å². The van der Waals surface area contributed by atoms with Crippen LogP contribution in [-0.4, -0.2) is 28.8 Å². The molecule has 0 fully saturated rings. The lowest BCUT2D eigenvalue weighted by Gasteiger charge is -1.99. The number of carbonyl (C=O) groups is 1. The molecule has 0 aromatic carbocycles. The van der Waals surface area contributed by atoms with E-state index in [-0.39, 0.29) is 11.7 Å². The van der Waals surface area contributed by atoms with Crippen LogP contribution in [0.2, 0.25) is 0 Å². The third-order valence-corrected chi connectivity index (χ3v) is 2.40. The predicted molar refractivity (Wildman–Crippen MR) is 52.2 cm³/mol. The van der Waals surface area contributed by atoms with E-state index in [4.69, 9.17) is 0 Å². The van der Waals surface area contributed by atoms with Crippen molar-refractivity contribution in [3.05, 3.63) is 22.7 Å². The number of ether oxygens (including phenoxy) is 1. The molecule has 0 aliphatic heterocycles. The first kappa shape index (κ1) is 10.8. The Kier molecular flexibility index (Phi) is 4.18. The van der Waals surface area contributed by atoms with Crippen LogP contribution in [0.4, 0.5) is 0 Å². The number of hydrogen-bond donors (Lipinski definition) is 1. The van der Waals surface area contributed by atoms with Gasteiger partial charge in [-0.1, -0.05) is 0 Å². The van der Waals surface area contributed by atoms with Crippen molar-refractivity contribution in [3.63, 3.8) is 0 Å². The maximum Gasteiger partial charge on any atom is 0.345 e. The molecular weight excluding hydrogens is 204 g/mol. The van der Waals surface area contributed by atoms with E-state index in [0.29, 0.717) is 17.2 Å². The van der Waals surface area contributed by atoms with Gasteiger partial charge in [-0.3, -0.25) is 4.79 Å². The maximum atomic E-state index is 10.8. The third kappa shape index (κ3) is 3.61. The molecule has 0 amide bonds. The molecule has 14 heavy (non-hydrogen) atoms. The number of thioether (sulfide) groups is 1. The van der Waals surface area contributed by atoms with Gasteiger partial charge in [0.1, 0.15) is 0 Å². The lowest BCUT2D eigenvalue weighted by atomic mass is 10.5. The predicted octanol–water partition coefficient (Wildman–Crippen LogP) is 0.425. The highest BCUT2D eigenvalue weighted by molar-refractivity contribution is 7.99. The summed E-state index contributed by atoms with van der Waals surface area (Å²) in [5.41, 5.74) is -0.381. The van der Waals surface area contributed by atoms with Crippen molar-refractivity contribution >= 4 is 17.7 Å². The molecule has 0 saturated heterocycles. The van der Waals surface area contributed by atoms with E-state index in [9.17, 15) is 9.59 Å². The summed E-state index contributed by atoms with van der Waals surface area (Å²) in [6.45, 7) is 0. The zero-order valence-electron chi connectivity index (χ0n) is 7.65. The number of aromatic nitrogens is 2. The average Bonchev–Trinajstić information content (AvgIpc) is 2.17. The molecular formula is C8H10N2O3S. The Morgan fingerprint density at radius 1 is 1.71 bits per heavy atom. The van der Waals surface area contributed by atoms with Gasteiger partial charge in [-0.15, -0.1) is 11.8 Å². The Labute approximate surface area is 84.9 Å². The van der Waals surface area contributed by atoms with Gasteiger partial charge in [0.2, 0.25) is 0 Å². The van der Waals surface area contributed by atoms with Gasteiger partial charge < -0.3 is 9.72 Å². The first-order valence-electron chi connectivity index (χ1n) is 3.97. The van der Waals surface area contributed by atoms with Crippen LogP contribution in [-0.2, 0) is 9.53 Å². The van der Waals surface area contributed by atoms with Gasteiger partial charge in [-0.05, 0) is 6.07 Å². The highest BCUT2D eigenvalue weighted by Crippen LogP contribution is 2.13. The van der Waals surface area contributed by atoms with Crippen molar-refractivity contribution in [2.45, 2.75) is 11.4 Å². The SMILES string of the molecule is COC(=O)CCSc1ccnc(=O)[nH]1. The molecule has 76 valence electrons. The van der Waals surface area contributed by atoms with Crippen LogP contribution < -0.4 is 5.69 Å². The van der Waals surface area contributed by atoms with Gasteiger partial charge in [-0.2, -0.15) is 0 Å². The Morgan fingerprint density at radius 3 is 3.14 bits per heavy atom. The van der Waals surface area contributed by atoms with E-state index in [1.807, 2.05) is 0 Å². The number of aromatic amines is 1. The number of hydrogen-bond acceptors (Lipinski definition) is 5. The summed E-state index contributed by atoms with van der Waals surface area (Å²) >= 11 is 1.38. The van der Waals surface area contributed by atoms with E-state index in [1.165, 1.54) is 25.1 Å². The van der Waals surface area contributed by atoms with Crippen molar-refractivity contribution in [1.82, 2.24) is 9.97 Å². The number of nitrogens with one attached hydrogen (secondary N) is 1. The average molecular weight is 214 g/mol. The Balaban J connectivity index is 2.39. The summed E-state index contributed by atoms with van der Waals surface area (Å²) < 4.78 is 4.48. The van der Waals surface area contributed by atoms with Crippen molar-refractivity contribution in [2.75, 3.05) is 12.9 Å². The van der Waals surface area contributed by atoms with Gasteiger partial charge in [0.15, 0.2) is 0 Å². The first-order valence-corrected chi connectivity index (χ1v) is 4.96. The number of methoxy groups -OCH3 is 1. The molecule has 0 bridgehead atoms. The molecule has 1 aromatic heterocycles. The molecule has 1 N–H and O–H groups in total. The molecule has 0 unspecified atom stereocenters. The molecule has 0 aliphatic carbocycles. The van der Waals surface area contributed by atoms with Crippen LogP contribution in [0.3, 0.4) is 0 Å². The smallest absolute Gasteiger partial charge is 0.345 e. The van der Waals surface area contributed by atoms with Crippen LogP contribution in [0, 0.1) is 0 Å². The standard InChI is InChI=1S/C8H10N2O3S/c1-13-7(11)3-5-14-6-2-4-9-8(12)10-6/h2,4H,3,5H2,1H3,(H,9,10,12). The number of nitrogens with zero attached hydrogens (tertiary/aromatic N) is 1. The summed E-state index contributed by atoms with van der Waals surface area (Å²) in [5.74, 6) is 0.320. The lowest BCUT2D eigenvalue weighted by Crippen LogP contribution is -2.09. The van der Waals surface area contributed by atoms with Gasteiger partial charge in [0.05, 0.1) is 18.6 Å². The minimum atomic E-state index is -0.381. The second kappa shape index (κ2) is 5.43. The molecule has 0 atom stereocenters. The van der Waals surface area contributed by atoms with E-state index < -0.39 is 0 Å². The second-order valence-electron chi connectivity index (χ2n) is 2.41. The largest absolute Gasteiger partial charge is 0.469 e. The van der Waals surface area contributed by atoms with Crippen LogP contribution in [0.1, 0.15) is 6.42 Å². The molecule has 1 aromatic rings. The summed E-state index contributed by atoms with van der Waals surface area (Å²) in [6, 6.07) is 1.68. The zero-order chi connectivity index (χ0) is 10.4. The molecule has 0 spiro atoms. The highest BCUT2D eigenvalue weighted by atomic mass is 32.2. The summed E-state index contributed by atoms with van der Waals surface area (Å²) in [7, 11) is 1.35. The quantitative estimate of drug-likeness (QED) is 0.447. The summed E-state index contributed by atoms with van der Waals surface area (Å²) in [6.07, 6.45) is 1.75. The monoisotopic (exact) mass is 214 g/mol. The number of rotatable bonds is 4. The summed E-state index contributed by atoms with van der Waals surface area (Å²) in [4.78, 5) is 27.5. The van der Waals surface area contributed by atoms with E-state index in [1.54, 1.807) is 6.07 Å². The molecule has 1 heterocycles.